The van der Waals surface area contributed by atoms with Gasteiger partial charge in [0.1, 0.15) is 5.60 Å². The highest BCUT2D eigenvalue weighted by atomic mass is 32.1. The van der Waals surface area contributed by atoms with Crippen molar-refractivity contribution >= 4 is 17.2 Å². The molecule has 0 fully saturated rings. The number of hydrogen-bond donors (Lipinski definition) is 2. The molecule has 0 radical (unpaired) electrons. The molecule has 0 saturated heterocycles. The largest absolute Gasteiger partial charge is 0.384 e. The van der Waals surface area contributed by atoms with Crippen molar-refractivity contribution in [2.45, 2.75) is 12.5 Å². The summed E-state index contributed by atoms with van der Waals surface area (Å²) >= 11 is 1.50. The Labute approximate surface area is 144 Å². The van der Waals surface area contributed by atoms with Crippen molar-refractivity contribution in [1.82, 2.24) is 15.3 Å². The topological polar surface area (TPSA) is 75.1 Å². The third kappa shape index (κ3) is 3.67. The SMILES string of the molecule is CC(O)(CNC(=O)c1cnc(-c2ccccc2)nc1)c1ccsc1. The summed E-state index contributed by atoms with van der Waals surface area (Å²) in [4.78, 5) is 20.7. The van der Waals surface area contributed by atoms with Crippen molar-refractivity contribution in [3.8, 4) is 11.4 Å². The third-order valence-corrected chi connectivity index (χ3v) is 4.37. The first-order valence-corrected chi connectivity index (χ1v) is 8.41. The molecule has 2 N–H and O–H groups in total. The molecule has 6 heteroatoms. The first-order chi connectivity index (χ1) is 11.6. The predicted molar refractivity (Wildman–Crippen MR) is 93.7 cm³/mol. The van der Waals surface area contributed by atoms with Gasteiger partial charge in [0.2, 0.25) is 0 Å². The molecule has 1 aromatic carbocycles. The van der Waals surface area contributed by atoms with Crippen molar-refractivity contribution in [2.24, 2.45) is 0 Å². The molecule has 0 bridgehead atoms. The minimum Gasteiger partial charge on any atom is -0.384 e. The van der Waals surface area contributed by atoms with Gasteiger partial charge in [-0.1, -0.05) is 30.3 Å². The number of amides is 1. The van der Waals surface area contributed by atoms with E-state index in [0.717, 1.165) is 11.1 Å². The van der Waals surface area contributed by atoms with Gasteiger partial charge in [-0.05, 0) is 29.3 Å². The summed E-state index contributed by atoms with van der Waals surface area (Å²) in [5.74, 6) is 0.252. The maximum atomic E-state index is 12.2. The van der Waals surface area contributed by atoms with Crippen molar-refractivity contribution in [3.05, 3.63) is 70.7 Å². The van der Waals surface area contributed by atoms with Gasteiger partial charge in [-0.2, -0.15) is 11.3 Å². The Morgan fingerprint density at radius 1 is 1.21 bits per heavy atom. The highest BCUT2D eigenvalue weighted by Gasteiger charge is 2.24. The first kappa shape index (κ1) is 16.3. The van der Waals surface area contributed by atoms with Crippen LogP contribution in [0.25, 0.3) is 11.4 Å². The summed E-state index contributed by atoms with van der Waals surface area (Å²) in [5.41, 5.74) is 0.921. The maximum Gasteiger partial charge on any atom is 0.254 e. The number of aromatic nitrogens is 2. The molecule has 2 heterocycles. The molecule has 1 amide bonds. The number of rotatable bonds is 5. The number of aliphatic hydroxyl groups is 1. The predicted octanol–water partition coefficient (Wildman–Crippen LogP) is 2.84. The van der Waals surface area contributed by atoms with E-state index < -0.39 is 5.60 Å². The van der Waals surface area contributed by atoms with Gasteiger partial charge in [0.05, 0.1) is 12.1 Å². The second-order valence-electron chi connectivity index (χ2n) is 5.63. The van der Waals surface area contributed by atoms with E-state index in [-0.39, 0.29) is 12.5 Å². The van der Waals surface area contributed by atoms with Crippen molar-refractivity contribution < 1.29 is 9.90 Å². The minimum atomic E-state index is -1.11. The summed E-state index contributed by atoms with van der Waals surface area (Å²) in [6, 6.07) is 11.4. The lowest BCUT2D eigenvalue weighted by atomic mass is 9.99. The van der Waals surface area contributed by atoms with Crippen LogP contribution in [0.3, 0.4) is 0 Å². The van der Waals surface area contributed by atoms with Gasteiger partial charge in [-0.25, -0.2) is 9.97 Å². The number of nitrogens with zero attached hydrogens (tertiary/aromatic N) is 2. The Hall–Kier alpha value is -2.57. The van der Waals surface area contributed by atoms with Gasteiger partial charge >= 0.3 is 0 Å². The van der Waals surface area contributed by atoms with Gasteiger partial charge in [-0.15, -0.1) is 0 Å². The number of nitrogens with one attached hydrogen (secondary N) is 1. The summed E-state index contributed by atoms with van der Waals surface area (Å²) in [6.45, 7) is 1.79. The van der Waals surface area contributed by atoms with E-state index in [1.165, 1.54) is 23.7 Å². The fraction of sp³-hybridized carbons (Fsp3) is 0.167. The molecule has 1 atom stereocenters. The highest BCUT2D eigenvalue weighted by molar-refractivity contribution is 7.08. The Morgan fingerprint density at radius 3 is 2.54 bits per heavy atom. The summed E-state index contributed by atoms with van der Waals surface area (Å²) in [6.07, 6.45) is 2.98. The van der Waals surface area contributed by atoms with Crippen LogP contribution < -0.4 is 5.32 Å². The van der Waals surface area contributed by atoms with Gasteiger partial charge < -0.3 is 10.4 Å². The Kier molecular flexibility index (Phi) is 4.69. The number of hydrogen-bond acceptors (Lipinski definition) is 5. The Morgan fingerprint density at radius 2 is 1.92 bits per heavy atom. The van der Waals surface area contributed by atoms with Crippen molar-refractivity contribution in [1.29, 1.82) is 0 Å². The maximum absolute atomic E-state index is 12.2. The molecule has 2 aromatic heterocycles. The monoisotopic (exact) mass is 339 g/mol. The number of carbonyl (C=O) groups excluding carboxylic acids is 1. The lowest BCUT2D eigenvalue weighted by Gasteiger charge is -2.22. The standard InChI is InChI=1S/C18H17N3O2S/c1-18(23,15-7-8-24-11-15)12-21-17(22)14-9-19-16(20-10-14)13-5-3-2-4-6-13/h2-11,23H,12H2,1H3,(H,21,22). The van der Waals surface area contributed by atoms with E-state index in [4.69, 9.17) is 0 Å². The number of thiophene rings is 1. The molecule has 0 aliphatic carbocycles. The van der Waals surface area contributed by atoms with Gasteiger partial charge in [0.25, 0.3) is 5.91 Å². The van der Waals surface area contributed by atoms with Crippen LogP contribution in [-0.4, -0.2) is 27.5 Å². The number of carbonyl (C=O) groups is 1. The molecular weight excluding hydrogens is 322 g/mol. The van der Waals surface area contributed by atoms with E-state index >= 15 is 0 Å². The molecule has 122 valence electrons. The highest BCUT2D eigenvalue weighted by Crippen LogP contribution is 2.22. The Bertz CT molecular complexity index is 800. The first-order valence-electron chi connectivity index (χ1n) is 7.47. The Balaban J connectivity index is 1.65. The van der Waals surface area contributed by atoms with Crippen LogP contribution in [0.4, 0.5) is 0 Å². The van der Waals surface area contributed by atoms with E-state index in [9.17, 15) is 9.90 Å². The molecule has 0 aliphatic rings. The van der Waals surface area contributed by atoms with Crippen LogP contribution in [0.1, 0.15) is 22.8 Å². The zero-order chi connectivity index (χ0) is 17.0. The molecular formula is C18H17N3O2S. The molecule has 5 nitrogen and oxygen atoms in total. The zero-order valence-corrected chi connectivity index (χ0v) is 14.0. The van der Waals surface area contributed by atoms with Crippen molar-refractivity contribution in [3.63, 3.8) is 0 Å². The summed E-state index contributed by atoms with van der Waals surface area (Å²) in [5, 5.41) is 16.9. The van der Waals surface area contributed by atoms with Crippen LogP contribution in [0.2, 0.25) is 0 Å². The fourth-order valence-corrected chi connectivity index (χ4v) is 2.99. The second kappa shape index (κ2) is 6.90. The lowest BCUT2D eigenvalue weighted by Crippen LogP contribution is -2.38. The molecule has 1 unspecified atom stereocenters. The van der Waals surface area contributed by atoms with Crippen LogP contribution in [0, 0.1) is 0 Å². The van der Waals surface area contributed by atoms with Crippen LogP contribution in [-0.2, 0) is 5.60 Å². The second-order valence-corrected chi connectivity index (χ2v) is 6.41. The van der Waals surface area contributed by atoms with E-state index in [1.807, 2.05) is 47.2 Å². The molecule has 0 aliphatic heterocycles. The lowest BCUT2D eigenvalue weighted by molar-refractivity contribution is 0.0530. The molecule has 24 heavy (non-hydrogen) atoms. The number of benzene rings is 1. The normalized spacial score (nSPS) is 13.2. The van der Waals surface area contributed by atoms with E-state index in [1.54, 1.807) is 6.92 Å². The summed E-state index contributed by atoms with van der Waals surface area (Å²) in [7, 11) is 0. The van der Waals surface area contributed by atoms with E-state index in [0.29, 0.717) is 11.4 Å². The van der Waals surface area contributed by atoms with Crippen LogP contribution >= 0.6 is 11.3 Å². The molecule has 3 rings (SSSR count). The van der Waals surface area contributed by atoms with Crippen LogP contribution in [0.15, 0.2) is 59.6 Å². The average Bonchev–Trinajstić information content (AvgIpc) is 3.16. The minimum absolute atomic E-state index is 0.114. The van der Waals surface area contributed by atoms with Gasteiger partial charge in [0.15, 0.2) is 5.82 Å². The van der Waals surface area contributed by atoms with E-state index in [2.05, 4.69) is 15.3 Å². The average molecular weight is 339 g/mol. The summed E-state index contributed by atoms with van der Waals surface area (Å²) < 4.78 is 0. The smallest absolute Gasteiger partial charge is 0.254 e. The molecule has 3 aromatic rings. The fourth-order valence-electron chi connectivity index (χ4n) is 2.21. The van der Waals surface area contributed by atoms with Gasteiger partial charge in [-0.3, -0.25) is 4.79 Å². The molecule has 0 spiro atoms. The van der Waals surface area contributed by atoms with Gasteiger partial charge in [0, 0.05) is 18.0 Å². The molecule has 0 saturated carbocycles. The zero-order valence-electron chi connectivity index (χ0n) is 13.1. The third-order valence-electron chi connectivity index (χ3n) is 3.68. The van der Waals surface area contributed by atoms with Crippen LogP contribution in [0.5, 0.6) is 0 Å². The van der Waals surface area contributed by atoms with Crippen molar-refractivity contribution in [2.75, 3.05) is 6.54 Å². The quantitative estimate of drug-likeness (QED) is 0.749.